The van der Waals surface area contributed by atoms with Crippen LogP contribution in [0.25, 0.3) is 0 Å². The van der Waals surface area contributed by atoms with Crippen molar-refractivity contribution in [1.82, 2.24) is 0 Å². The second-order valence-electron chi connectivity index (χ2n) is 4.12. The standard InChI is InChI=1S/C9H16O/c1-6-5-8(7(2)10)9(6,3)4/h6,8H,5H2,1-4H3/t6-,8+/m1/s1. The molecule has 0 amide bonds. The van der Waals surface area contributed by atoms with Gasteiger partial charge in [0.15, 0.2) is 0 Å². The van der Waals surface area contributed by atoms with Gasteiger partial charge in [0.05, 0.1) is 0 Å². The maximum atomic E-state index is 11.0. The molecular formula is C9H16O. The molecule has 0 N–H and O–H groups in total. The Labute approximate surface area is 62.8 Å². The molecule has 0 saturated heterocycles. The predicted molar refractivity (Wildman–Crippen MR) is 41.7 cm³/mol. The highest BCUT2D eigenvalue weighted by atomic mass is 16.1. The van der Waals surface area contributed by atoms with E-state index in [4.69, 9.17) is 0 Å². The van der Waals surface area contributed by atoms with Gasteiger partial charge in [-0.25, -0.2) is 0 Å². The van der Waals surface area contributed by atoms with E-state index in [1.54, 1.807) is 6.92 Å². The van der Waals surface area contributed by atoms with Crippen molar-refractivity contribution in [2.75, 3.05) is 0 Å². The molecule has 1 saturated carbocycles. The first-order chi connectivity index (χ1) is 4.46. The van der Waals surface area contributed by atoms with Crippen molar-refractivity contribution in [3.05, 3.63) is 0 Å². The first-order valence-corrected chi connectivity index (χ1v) is 3.96. The molecule has 0 spiro atoms. The molecular weight excluding hydrogens is 124 g/mol. The fourth-order valence-corrected chi connectivity index (χ4v) is 1.83. The molecule has 2 atom stereocenters. The predicted octanol–water partition coefficient (Wildman–Crippen LogP) is 2.26. The SMILES string of the molecule is CC(=O)[C@@H]1C[C@@H](C)C1(C)C. The Kier molecular flexibility index (Phi) is 1.61. The molecule has 0 radical (unpaired) electrons. The van der Waals surface area contributed by atoms with Crippen molar-refractivity contribution in [3.63, 3.8) is 0 Å². The van der Waals surface area contributed by atoms with Crippen molar-refractivity contribution >= 4 is 5.78 Å². The van der Waals surface area contributed by atoms with E-state index in [1.165, 1.54) is 0 Å². The lowest BCUT2D eigenvalue weighted by Crippen LogP contribution is -2.46. The summed E-state index contributed by atoms with van der Waals surface area (Å²) in [7, 11) is 0. The van der Waals surface area contributed by atoms with Crippen LogP contribution in [0.2, 0.25) is 0 Å². The van der Waals surface area contributed by atoms with Crippen molar-refractivity contribution in [1.29, 1.82) is 0 Å². The Morgan fingerprint density at radius 3 is 2.10 bits per heavy atom. The number of Topliss-reactive ketones (excluding diaryl/α,β-unsaturated/α-hetero) is 1. The fourth-order valence-electron chi connectivity index (χ4n) is 1.83. The van der Waals surface area contributed by atoms with Gasteiger partial charge < -0.3 is 0 Å². The summed E-state index contributed by atoms with van der Waals surface area (Å²) in [5.41, 5.74) is 0.270. The summed E-state index contributed by atoms with van der Waals surface area (Å²) in [6.07, 6.45) is 1.10. The highest BCUT2D eigenvalue weighted by Crippen LogP contribution is 2.51. The smallest absolute Gasteiger partial charge is 0.133 e. The summed E-state index contributed by atoms with van der Waals surface area (Å²) in [6.45, 7) is 8.30. The third-order valence-electron chi connectivity index (χ3n) is 3.25. The third kappa shape index (κ3) is 0.882. The number of hydrogen-bond donors (Lipinski definition) is 0. The van der Waals surface area contributed by atoms with Gasteiger partial charge >= 0.3 is 0 Å². The molecule has 1 aliphatic rings. The van der Waals surface area contributed by atoms with Crippen LogP contribution in [0, 0.1) is 17.3 Å². The Morgan fingerprint density at radius 1 is 1.50 bits per heavy atom. The zero-order chi connectivity index (χ0) is 7.94. The van der Waals surface area contributed by atoms with Crippen molar-refractivity contribution in [3.8, 4) is 0 Å². The summed E-state index contributed by atoms with van der Waals surface area (Å²) < 4.78 is 0. The second-order valence-corrected chi connectivity index (χ2v) is 4.12. The summed E-state index contributed by atoms with van der Waals surface area (Å²) in [5, 5.41) is 0. The minimum absolute atomic E-state index is 0.270. The van der Waals surface area contributed by atoms with Crippen LogP contribution >= 0.6 is 0 Å². The molecule has 1 heteroatoms. The van der Waals surface area contributed by atoms with Gasteiger partial charge in [0, 0.05) is 5.92 Å². The van der Waals surface area contributed by atoms with E-state index >= 15 is 0 Å². The van der Waals surface area contributed by atoms with Gasteiger partial charge in [-0.05, 0) is 24.7 Å². The minimum Gasteiger partial charge on any atom is -0.300 e. The maximum Gasteiger partial charge on any atom is 0.133 e. The van der Waals surface area contributed by atoms with Crippen LogP contribution in [0.1, 0.15) is 34.1 Å². The van der Waals surface area contributed by atoms with E-state index in [1.807, 2.05) is 0 Å². The average molecular weight is 140 g/mol. The van der Waals surface area contributed by atoms with E-state index in [2.05, 4.69) is 20.8 Å². The Hall–Kier alpha value is -0.330. The second kappa shape index (κ2) is 2.08. The molecule has 0 unspecified atom stereocenters. The van der Waals surface area contributed by atoms with Gasteiger partial charge in [0.25, 0.3) is 0 Å². The van der Waals surface area contributed by atoms with E-state index in [9.17, 15) is 4.79 Å². The molecule has 0 heterocycles. The highest BCUT2D eigenvalue weighted by molar-refractivity contribution is 5.80. The van der Waals surface area contributed by atoms with Crippen LogP contribution in [0.4, 0.5) is 0 Å². The Balaban J connectivity index is 2.63. The number of ketones is 1. The lowest BCUT2D eigenvalue weighted by molar-refractivity contribution is -0.134. The van der Waals surface area contributed by atoms with Crippen molar-refractivity contribution in [2.45, 2.75) is 34.1 Å². The van der Waals surface area contributed by atoms with Crippen molar-refractivity contribution < 1.29 is 4.79 Å². The number of rotatable bonds is 1. The van der Waals surface area contributed by atoms with Gasteiger partial charge in [-0.3, -0.25) is 4.79 Å². The lowest BCUT2D eigenvalue weighted by Gasteiger charge is -2.49. The van der Waals surface area contributed by atoms with Crippen LogP contribution in [0.5, 0.6) is 0 Å². The van der Waals surface area contributed by atoms with E-state index in [0.29, 0.717) is 11.7 Å². The van der Waals surface area contributed by atoms with E-state index in [-0.39, 0.29) is 5.41 Å². The van der Waals surface area contributed by atoms with Crippen LogP contribution < -0.4 is 0 Å². The maximum absolute atomic E-state index is 11.0. The first-order valence-electron chi connectivity index (χ1n) is 3.96. The summed E-state index contributed by atoms with van der Waals surface area (Å²) in [6, 6.07) is 0. The molecule has 1 fully saturated rings. The molecule has 0 aliphatic heterocycles. The van der Waals surface area contributed by atoms with Crippen molar-refractivity contribution in [2.24, 2.45) is 17.3 Å². The first kappa shape index (κ1) is 7.77. The zero-order valence-corrected chi connectivity index (χ0v) is 7.27. The topological polar surface area (TPSA) is 17.1 Å². The summed E-state index contributed by atoms with van der Waals surface area (Å²) >= 11 is 0. The summed E-state index contributed by atoms with van der Waals surface area (Å²) in [5.74, 6) is 1.42. The number of carbonyl (C=O) groups is 1. The van der Waals surface area contributed by atoms with Crippen LogP contribution in [0.15, 0.2) is 0 Å². The van der Waals surface area contributed by atoms with Crippen LogP contribution in [0.3, 0.4) is 0 Å². The van der Waals surface area contributed by atoms with E-state index in [0.717, 1.165) is 12.3 Å². The third-order valence-corrected chi connectivity index (χ3v) is 3.25. The van der Waals surface area contributed by atoms with Gasteiger partial charge in [0.2, 0.25) is 0 Å². The lowest BCUT2D eigenvalue weighted by atomic mass is 9.54. The normalized spacial score (nSPS) is 36.8. The Morgan fingerprint density at radius 2 is 2.00 bits per heavy atom. The fraction of sp³-hybridized carbons (Fsp3) is 0.889. The molecule has 0 aromatic heterocycles. The molecule has 0 aromatic carbocycles. The highest BCUT2D eigenvalue weighted by Gasteiger charge is 2.47. The monoisotopic (exact) mass is 140 g/mol. The Bertz CT molecular complexity index is 158. The van der Waals surface area contributed by atoms with Gasteiger partial charge in [-0.2, -0.15) is 0 Å². The number of hydrogen-bond acceptors (Lipinski definition) is 1. The average Bonchev–Trinajstić information content (AvgIpc) is 1.82. The molecule has 0 aromatic rings. The molecule has 1 rings (SSSR count). The molecule has 1 aliphatic carbocycles. The van der Waals surface area contributed by atoms with Gasteiger partial charge in [-0.15, -0.1) is 0 Å². The number of carbonyl (C=O) groups excluding carboxylic acids is 1. The molecule has 10 heavy (non-hydrogen) atoms. The van der Waals surface area contributed by atoms with Crippen LogP contribution in [-0.2, 0) is 4.79 Å². The zero-order valence-electron chi connectivity index (χ0n) is 7.27. The molecule has 0 bridgehead atoms. The van der Waals surface area contributed by atoms with Gasteiger partial charge in [-0.1, -0.05) is 20.8 Å². The van der Waals surface area contributed by atoms with E-state index < -0.39 is 0 Å². The quantitative estimate of drug-likeness (QED) is 0.546. The van der Waals surface area contributed by atoms with Crippen LogP contribution in [-0.4, -0.2) is 5.78 Å². The molecule has 58 valence electrons. The molecule has 1 nitrogen and oxygen atoms in total. The minimum atomic E-state index is 0.270. The largest absolute Gasteiger partial charge is 0.300 e. The van der Waals surface area contributed by atoms with Gasteiger partial charge in [0.1, 0.15) is 5.78 Å². The summed E-state index contributed by atoms with van der Waals surface area (Å²) in [4.78, 5) is 11.0.